The molecule has 0 aromatic heterocycles. The van der Waals surface area contributed by atoms with Crippen LogP contribution in [-0.4, -0.2) is 23.0 Å². The van der Waals surface area contributed by atoms with Gasteiger partial charge in [0.25, 0.3) is 5.91 Å². The molecule has 4 nitrogen and oxygen atoms in total. The maximum Gasteiger partial charge on any atom is 0.305 e. The first-order valence-corrected chi connectivity index (χ1v) is 6.57. The van der Waals surface area contributed by atoms with Gasteiger partial charge in [-0.1, -0.05) is 32.4 Å². The number of amides is 1. The largest absolute Gasteiger partial charge is 0.481 e. The minimum atomic E-state index is -1.10. The number of hydrogen-bond acceptors (Lipinski definition) is 2. The van der Waals surface area contributed by atoms with Crippen LogP contribution in [0, 0.1) is 17.0 Å². The van der Waals surface area contributed by atoms with Gasteiger partial charge in [0.2, 0.25) is 0 Å². The second kappa shape index (κ2) is 6.39. The fourth-order valence-corrected chi connectivity index (χ4v) is 1.83. The Kier molecular flexibility index (Phi) is 5.28. The SMILES string of the molecule is CC(C)(C)C(CC(=O)O)NC(=O)c1cc(F)c(Cl)cc1F. The molecule has 1 amide bonds. The highest BCUT2D eigenvalue weighted by atomic mass is 35.5. The van der Waals surface area contributed by atoms with Crippen molar-refractivity contribution in [3.8, 4) is 0 Å². The lowest BCUT2D eigenvalue weighted by molar-refractivity contribution is -0.138. The summed E-state index contributed by atoms with van der Waals surface area (Å²) in [6, 6.07) is 0.656. The van der Waals surface area contributed by atoms with E-state index in [9.17, 15) is 18.4 Å². The number of halogens is 3. The van der Waals surface area contributed by atoms with E-state index in [0.717, 1.165) is 0 Å². The molecule has 116 valence electrons. The van der Waals surface area contributed by atoms with Gasteiger partial charge < -0.3 is 10.4 Å². The molecule has 1 atom stereocenters. The fourth-order valence-electron chi connectivity index (χ4n) is 1.68. The molecular weight excluding hydrogens is 304 g/mol. The van der Waals surface area contributed by atoms with Crippen LogP contribution in [0.15, 0.2) is 12.1 Å². The zero-order chi connectivity index (χ0) is 16.4. The Bertz CT molecular complexity index is 570. The topological polar surface area (TPSA) is 66.4 Å². The Morgan fingerprint density at radius 3 is 2.33 bits per heavy atom. The van der Waals surface area contributed by atoms with Crippen LogP contribution < -0.4 is 5.32 Å². The minimum Gasteiger partial charge on any atom is -0.481 e. The van der Waals surface area contributed by atoms with E-state index in [0.29, 0.717) is 12.1 Å². The Morgan fingerprint density at radius 1 is 1.29 bits per heavy atom. The fraction of sp³-hybridized carbons (Fsp3) is 0.429. The Balaban J connectivity index is 3.02. The van der Waals surface area contributed by atoms with Crippen molar-refractivity contribution >= 4 is 23.5 Å². The number of benzene rings is 1. The van der Waals surface area contributed by atoms with Crippen molar-refractivity contribution in [1.82, 2.24) is 5.32 Å². The molecule has 0 aliphatic heterocycles. The average Bonchev–Trinajstić information content (AvgIpc) is 2.31. The molecule has 1 unspecified atom stereocenters. The second-order valence-electron chi connectivity index (χ2n) is 5.74. The highest BCUT2D eigenvalue weighted by Crippen LogP contribution is 2.24. The second-order valence-corrected chi connectivity index (χ2v) is 6.14. The lowest BCUT2D eigenvalue weighted by Gasteiger charge is -2.30. The first-order chi connectivity index (χ1) is 9.52. The van der Waals surface area contributed by atoms with Gasteiger partial charge in [-0.3, -0.25) is 9.59 Å². The molecule has 0 radical (unpaired) electrons. The third kappa shape index (κ3) is 4.67. The summed E-state index contributed by atoms with van der Waals surface area (Å²) in [5, 5.41) is 10.9. The summed E-state index contributed by atoms with van der Waals surface area (Å²) in [6.45, 7) is 5.21. The molecule has 0 fully saturated rings. The number of carbonyl (C=O) groups excluding carboxylic acids is 1. The van der Waals surface area contributed by atoms with Crippen LogP contribution in [0.4, 0.5) is 8.78 Å². The van der Waals surface area contributed by atoms with Crippen LogP contribution >= 0.6 is 11.6 Å². The van der Waals surface area contributed by atoms with Crippen LogP contribution in [0.2, 0.25) is 5.02 Å². The number of carbonyl (C=O) groups is 2. The van der Waals surface area contributed by atoms with E-state index in [1.165, 1.54) is 0 Å². The van der Waals surface area contributed by atoms with E-state index in [1.54, 1.807) is 20.8 Å². The maximum atomic E-state index is 13.7. The molecule has 0 spiro atoms. The first kappa shape index (κ1) is 17.4. The van der Waals surface area contributed by atoms with Gasteiger partial charge in [0, 0.05) is 6.04 Å². The number of carboxylic acid groups (broad SMARTS) is 1. The Labute approximate surface area is 126 Å². The molecule has 21 heavy (non-hydrogen) atoms. The standard InChI is InChI=1S/C14H16ClF2NO3/c1-14(2,3)11(6-12(19)20)18-13(21)7-4-10(17)8(15)5-9(7)16/h4-5,11H,6H2,1-3H3,(H,18,21)(H,19,20). The molecule has 0 saturated carbocycles. The summed E-state index contributed by atoms with van der Waals surface area (Å²) in [6.07, 6.45) is -0.326. The van der Waals surface area contributed by atoms with Gasteiger partial charge >= 0.3 is 5.97 Å². The molecule has 0 saturated heterocycles. The zero-order valence-electron chi connectivity index (χ0n) is 11.8. The highest BCUT2D eigenvalue weighted by Gasteiger charge is 2.29. The molecule has 0 aliphatic rings. The van der Waals surface area contributed by atoms with Crippen LogP contribution in [0.25, 0.3) is 0 Å². The number of carboxylic acids is 1. The molecule has 2 N–H and O–H groups in total. The molecule has 1 aromatic rings. The van der Waals surface area contributed by atoms with Crippen molar-refractivity contribution in [2.75, 3.05) is 0 Å². The molecule has 1 rings (SSSR count). The van der Waals surface area contributed by atoms with E-state index in [4.69, 9.17) is 16.7 Å². The van der Waals surface area contributed by atoms with Gasteiger partial charge in [0.05, 0.1) is 17.0 Å². The van der Waals surface area contributed by atoms with Crippen molar-refractivity contribution in [1.29, 1.82) is 0 Å². The predicted molar refractivity (Wildman–Crippen MR) is 74.3 cm³/mol. The van der Waals surface area contributed by atoms with E-state index in [1.807, 2.05) is 0 Å². The molecular formula is C14H16ClF2NO3. The van der Waals surface area contributed by atoms with E-state index in [2.05, 4.69) is 5.32 Å². The summed E-state index contributed by atoms with van der Waals surface area (Å²) in [7, 11) is 0. The maximum absolute atomic E-state index is 13.7. The molecule has 0 bridgehead atoms. The molecule has 7 heteroatoms. The van der Waals surface area contributed by atoms with Crippen LogP contribution in [0.3, 0.4) is 0 Å². The summed E-state index contributed by atoms with van der Waals surface area (Å²) in [5.74, 6) is -3.88. The normalized spacial score (nSPS) is 12.9. The van der Waals surface area contributed by atoms with Crippen molar-refractivity contribution in [3.63, 3.8) is 0 Å². The molecule has 0 heterocycles. The highest BCUT2D eigenvalue weighted by molar-refractivity contribution is 6.30. The van der Waals surface area contributed by atoms with Crippen LogP contribution in [0.5, 0.6) is 0 Å². The predicted octanol–water partition coefficient (Wildman–Crippen LogP) is 3.24. The Hall–Kier alpha value is -1.69. The molecule has 0 aliphatic carbocycles. The lowest BCUT2D eigenvalue weighted by atomic mass is 9.84. The van der Waals surface area contributed by atoms with Crippen LogP contribution in [0.1, 0.15) is 37.6 Å². The minimum absolute atomic E-state index is 0.326. The Morgan fingerprint density at radius 2 is 1.86 bits per heavy atom. The summed E-state index contributed by atoms with van der Waals surface area (Å²) >= 11 is 5.41. The lowest BCUT2D eigenvalue weighted by Crippen LogP contribution is -2.45. The van der Waals surface area contributed by atoms with Crippen molar-refractivity contribution in [2.45, 2.75) is 33.2 Å². The summed E-state index contributed by atoms with van der Waals surface area (Å²) in [5.41, 5.74) is -1.08. The smallest absolute Gasteiger partial charge is 0.305 e. The zero-order valence-corrected chi connectivity index (χ0v) is 12.6. The summed E-state index contributed by atoms with van der Waals surface area (Å²) in [4.78, 5) is 22.9. The summed E-state index contributed by atoms with van der Waals surface area (Å²) < 4.78 is 27.0. The number of rotatable bonds is 4. The monoisotopic (exact) mass is 319 g/mol. The van der Waals surface area contributed by atoms with E-state index >= 15 is 0 Å². The van der Waals surface area contributed by atoms with Crippen molar-refractivity contribution in [3.05, 3.63) is 34.4 Å². The van der Waals surface area contributed by atoms with E-state index < -0.39 is 45.6 Å². The quantitative estimate of drug-likeness (QED) is 0.837. The van der Waals surface area contributed by atoms with Gasteiger partial charge in [-0.05, 0) is 17.5 Å². The van der Waals surface area contributed by atoms with Gasteiger partial charge in [-0.25, -0.2) is 8.78 Å². The van der Waals surface area contributed by atoms with Gasteiger partial charge in [0.15, 0.2) is 0 Å². The number of aliphatic carboxylic acids is 1. The first-order valence-electron chi connectivity index (χ1n) is 6.19. The average molecular weight is 320 g/mol. The van der Waals surface area contributed by atoms with Crippen LogP contribution in [-0.2, 0) is 4.79 Å². The third-order valence-corrected chi connectivity index (χ3v) is 3.27. The molecule has 1 aromatic carbocycles. The number of nitrogens with one attached hydrogen (secondary N) is 1. The van der Waals surface area contributed by atoms with Crippen molar-refractivity contribution < 1.29 is 23.5 Å². The van der Waals surface area contributed by atoms with Crippen molar-refractivity contribution in [2.24, 2.45) is 5.41 Å². The third-order valence-electron chi connectivity index (χ3n) is 2.98. The van der Waals surface area contributed by atoms with Gasteiger partial charge in [-0.15, -0.1) is 0 Å². The van der Waals surface area contributed by atoms with Gasteiger partial charge in [0.1, 0.15) is 11.6 Å². The van der Waals surface area contributed by atoms with E-state index in [-0.39, 0.29) is 6.42 Å². The number of hydrogen-bond donors (Lipinski definition) is 2. The van der Waals surface area contributed by atoms with Gasteiger partial charge in [-0.2, -0.15) is 0 Å².